The highest BCUT2D eigenvalue weighted by Gasteiger charge is 2.21. The minimum atomic E-state index is -0.659. The van der Waals surface area contributed by atoms with Crippen molar-refractivity contribution in [1.29, 1.82) is 5.41 Å². The van der Waals surface area contributed by atoms with Crippen LogP contribution in [0.4, 0.5) is 25.8 Å². The lowest BCUT2D eigenvalue weighted by Gasteiger charge is -2.35. The van der Waals surface area contributed by atoms with E-state index in [9.17, 15) is 8.78 Å². The molecular formula is C22H27F2N3. The molecule has 0 amide bonds. The second kappa shape index (κ2) is 8.07. The molecule has 0 bridgehead atoms. The van der Waals surface area contributed by atoms with Crippen molar-refractivity contribution < 1.29 is 8.78 Å². The third-order valence-corrected chi connectivity index (χ3v) is 5.62. The fraction of sp³-hybridized carbons (Fsp3) is 0.409. The maximum Gasteiger partial charge on any atom is 0.153 e. The van der Waals surface area contributed by atoms with Crippen LogP contribution < -0.4 is 10.2 Å². The zero-order valence-electron chi connectivity index (χ0n) is 16.2. The Morgan fingerprint density at radius 1 is 1.15 bits per heavy atom. The molecule has 1 aliphatic heterocycles. The molecule has 27 heavy (non-hydrogen) atoms. The van der Waals surface area contributed by atoms with Crippen LogP contribution in [0, 0.1) is 35.8 Å². The third kappa shape index (κ3) is 4.12. The van der Waals surface area contributed by atoms with Gasteiger partial charge in [0.2, 0.25) is 0 Å². The number of hydrogen-bond acceptors (Lipinski definition) is 3. The van der Waals surface area contributed by atoms with E-state index in [1.54, 1.807) is 0 Å². The first-order valence-corrected chi connectivity index (χ1v) is 9.51. The summed E-state index contributed by atoms with van der Waals surface area (Å²) in [6, 6.07) is 9.03. The summed E-state index contributed by atoms with van der Waals surface area (Å²) in [5, 5.41) is 10.4. The van der Waals surface area contributed by atoms with E-state index in [1.807, 2.05) is 24.3 Å². The van der Waals surface area contributed by atoms with Gasteiger partial charge in [0, 0.05) is 41.8 Å². The number of rotatable bonds is 5. The molecule has 144 valence electrons. The van der Waals surface area contributed by atoms with Gasteiger partial charge >= 0.3 is 0 Å². The molecule has 0 radical (unpaired) electrons. The fourth-order valence-electron chi connectivity index (χ4n) is 3.70. The highest BCUT2D eigenvalue weighted by Crippen LogP contribution is 2.31. The minimum absolute atomic E-state index is 0.0484. The van der Waals surface area contributed by atoms with Crippen LogP contribution in [0.2, 0.25) is 0 Å². The van der Waals surface area contributed by atoms with Crippen LogP contribution in [-0.2, 0) is 0 Å². The molecule has 0 atom stereocenters. The number of halogens is 2. The molecule has 0 saturated carbocycles. The highest BCUT2D eigenvalue weighted by atomic mass is 19.1. The van der Waals surface area contributed by atoms with Crippen molar-refractivity contribution in [3.8, 4) is 0 Å². The summed E-state index contributed by atoms with van der Waals surface area (Å²) in [6.07, 6.45) is 3.38. The van der Waals surface area contributed by atoms with Crippen LogP contribution in [0.15, 0.2) is 30.3 Å². The van der Waals surface area contributed by atoms with Crippen molar-refractivity contribution in [3.63, 3.8) is 0 Å². The molecule has 0 aliphatic carbocycles. The molecule has 3 rings (SSSR count). The van der Waals surface area contributed by atoms with Crippen molar-refractivity contribution in [2.24, 2.45) is 11.8 Å². The molecule has 2 N–H and O–H groups in total. The zero-order chi connectivity index (χ0) is 19.6. The summed E-state index contributed by atoms with van der Waals surface area (Å²) < 4.78 is 28.2. The number of anilines is 3. The number of nitrogens with zero attached hydrogens (tertiary/aromatic N) is 1. The van der Waals surface area contributed by atoms with Crippen LogP contribution in [-0.4, -0.2) is 19.3 Å². The van der Waals surface area contributed by atoms with Gasteiger partial charge in [-0.1, -0.05) is 13.8 Å². The van der Waals surface area contributed by atoms with E-state index >= 15 is 0 Å². The molecule has 3 nitrogen and oxygen atoms in total. The first kappa shape index (κ1) is 19.3. The number of hydrogen-bond donors (Lipinski definition) is 2. The molecule has 5 heteroatoms. The van der Waals surface area contributed by atoms with E-state index in [0.29, 0.717) is 5.69 Å². The Morgan fingerprint density at radius 2 is 1.78 bits per heavy atom. The largest absolute Gasteiger partial charge is 0.372 e. The summed E-state index contributed by atoms with van der Waals surface area (Å²) in [5.74, 6) is 0.229. The quantitative estimate of drug-likeness (QED) is 0.644. The van der Waals surface area contributed by atoms with Gasteiger partial charge in [-0.25, -0.2) is 8.78 Å². The van der Waals surface area contributed by atoms with Gasteiger partial charge in [0.15, 0.2) is 5.82 Å². The normalized spacial score (nSPS) is 15.3. The molecule has 2 aromatic carbocycles. The summed E-state index contributed by atoms with van der Waals surface area (Å²) >= 11 is 0. The molecule has 1 fully saturated rings. The lowest BCUT2D eigenvalue weighted by molar-refractivity contribution is 0.311. The Bertz CT molecular complexity index is 807. The maximum atomic E-state index is 14.5. The van der Waals surface area contributed by atoms with Gasteiger partial charge in [0.25, 0.3) is 0 Å². The monoisotopic (exact) mass is 371 g/mol. The van der Waals surface area contributed by atoms with Crippen molar-refractivity contribution in [2.45, 2.75) is 33.6 Å². The second-order valence-electron chi connectivity index (χ2n) is 7.65. The fourth-order valence-corrected chi connectivity index (χ4v) is 3.70. The molecule has 0 spiro atoms. The summed E-state index contributed by atoms with van der Waals surface area (Å²) in [5.41, 5.74) is 2.15. The standard InChI is InChI=1S/C22H27F2N3/c1-14(2)16-8-10-27(11-9-16)19-6-4-18(5-7-19)26-22-17(13-25)12-20(23)15(3)21(22)24/h4-7,12-14,16,25-26H,8-11H2,1-3H3. The summed E-state index contributed by atoms with van der Waals surface area (Å²) in [6.45, 7) is 8.09. The molecule has 1 aliphatic rings. The zero-order valence-corrected chi connectivity index (χ0v) is 16.2. The van der Waals surface area contributed by atoms with Crippen molar-refractivity contribution in [3.05, 3.63) is 53.1 Å². The van der Waals surface area contributed by atoms with Crippen LogP contribution in [0.3, 0.4) is 0 Å². The Balaban J connectivity index is 1.74. The predicted molar refractivity (Wildman–Crippen MR) is 108 cm³/mol. The Kier molecular flexibility index (Phi) is 5.78. The van der Waals surface area contributed by atoms with E-state index in [2.05, 4.69) is 24.1 Å². The van der Waals surface area contributed by atoms with Gasteiger partial charge in [-0.3, -0.25) is 0 Å². The van der Waals surface area contributed by atoms with Gasteiger partial charge in [0.05, 0.1) is 5.69 Å². The van der Waals surface area contributed by atoms with Crippen molar-refractivity contribution in [2.75, 3.05) is 23.3 Å². The van der Waals surface area contributed by atoms with Gasteiger partial charge in [-0.05, 0) is 61.9 Å². The molecular weight excluding hydrogens is 344 g/mol. The van der Waals surface area contributed by atoms with E-state index < -0.39 is 11.6 Å². The maximum absolute atomic E-state index is 14.5. The summed E-state index contributed by atoms with van der Waals surface area (Å²) in [4.78, 5) is 2.38. The predicted octanol–water partition coefficient (Wildman–Crippen LogP) is 5.89. The smallest absolute Gasteiger partial charge is 0.153 e. The van der Waals surface area contributed by atoms with Gasteiger partial charge in [-0.15, -0.1) is 0 Å². The minimum Gasteiger partial charge on any atom is -0.372 e. The first-order chi connectivity index (χ1) is 12.9. The third-order valence-electron chi connectivity index (χ3n) is 5.62. The van der Waals surface area contributed by atoms with Crippen molar-refractivity contribution in [1.82, 2.24) is 0 Å². The molecule has 0 unspecified atom stereocenters. The van der Waals surface area contributed by atoms with Crippen LogP contribution in [0.1, 0.15) is 37.8 Å². The number of piperidine rings is 1. The number of nitrogens with one attached hydrogen (secondary N) is 2. The second-order valence-corrected chi connectivity index (χ2v) is 7.65. The number of benzene rings is 2. The molecule has 0 aromatic heterocycles. The lowest BCUT2D eigenvalue weighted by Crippen LogP contribution is -2.35. The van der Waals surface area contributed by atoms with Crippen LogP contribution in [0.25, 0.3) is 0 Å². The highest BCUT2D eigenvalue weighted by molar-refractivity contribution is 5.88. The molecule has 2 aromatic rings. The van der Waals surface area contributed by atoms with E-state index in [1.165, 1.54) is 25.8 Å². The first-order valence-electron chi connectivity index (χ1n) is 9.51. The van der Waals surface area contributed by atoms with Crippen LogP contribution in [0.5, 0.6) is 0 Å². The van der Waals surface area contributed by atoms with E-state index in [0.717, 1.165) is 36.8 Å². The lowest BCUT2D eigenvalue weighted by atomic mass is 9.86. The summed E-state index contributed by atoms with van der Waals surface area (Å²) in [7, 11) is 0. The van der Waals surface area contributed by atoms with E-state index in [-0.39, 0.29) is 16.8 Å². The average molecular weight is 371 g/mol. The molecule has 1 saturated heterocycles. The van der Waals surface area contributed by atoms with Crippen molar-refractivity contribution >= 4 is 23.3 Å². The Morgan fingerprint density at radius 3 is 2.33 bits per heavy atom. The Labute approximate surface area is 159 Å². The van der Waals surface area contributed by atoms with Gasteiger partial charge in [-0.2, -0.15) is 0 Å². The Hall–Kier alpha value is -2.43. The molecule has 1 heterocycles. The van der Waals surface area contributed by atoms with E-state index in [4.69, 9.17) is 5.41 Å². The van der Waals surface area contributed by atoms with Gasteiger partial charge in [0.1, 0.15) is 5.82 Å². The average Bonchev–Trinajstić information content (AvgIpc) is 2.69. The topological polar surface area (TPSA) is 39.1 Å². The van der Waals surface area contributed by atoms with Gasteiger partial charge < -0.3 is 15.6 Å². The SMILES string of the molecule is Cc1c(F)cc(C=N)c(Nc2ccc(N3CCC(C(C)C)CC3)cc2)c1F. The van der Waals surface area contributed by atoms with Crippen LogP contribution >= 0.6 is 0 Å².